The maximum absolute atomic E-state index is 6.56. The molecule has 0 radical (unpaired) electrons. The topological polar surface area (TPSA) is 55.6 Å². The highest BCUT2D eigenvalue weighted by molar-refractivity contribution is 6.10. The molecule has 5 heteroatoms. The van der Waals surface area contributed by atoms with Crippen LogP contribution < -0.4 is 4.90 Å². The van der Waals surface area contributed by atoms with Crippen molar-refractivity contribution in [2.24, 2.45) is 0 Å². The molecular formula is C49H30N2O3. The van der Waals surface area contributed by atoms with Crippen molar-refractivity contribution in [2.75, 3.05) is 4.90 Å². The van der Waals surface area contributed by atoms with Gasteiger partial charge < -0.3 is 18.2 Å². The number of nitrogens with zero attached hydrogens (tertiary/aromatic N) is 2. The van der Waals surface area contributed by atoms with Crippen LogP contribution in [0, 0.1) is 0 Å². The lowest BCUT2D eigenvalue weighted by Gasteiger charge is -2.26. The average molecular weight is 695 g/mol. The van der Waals surface area contributed by atoms with Crippen molar-refractivity contribution in [1.29, 1.82) is 0 Å². The number of fused-ring (bicyclic) bond motifs is 7. The molecule has 3 aromatic heterocycles. The molecule has 11 aromatic rings. The molecule has 0 spiro atoms. The van der Waals surface area contributed by atoms with Gasteiger partial charge in [0.1, 0.15) is 27.8 Å². The minimum absolute atomic E-state index is 0.595. The number of para-hydroxylation sites is 1. The first-order valence-corrected chi connectivity index (χ1v) is 18.0. The van der Waals surface area contributed by atoms with Crippen LogP contribution in [0.2, 0.25) is 0 Å². The summed E-state index contributed by atoms with van der Waals surface area (Å²) in [5.41, 5.74) is 13.4. The lowest BCUT2D eigenvalue weighted by Crippen LogP contribution is -2.09. The first kappa shape index (κ1) is 30.3. The monoisotopic (exact) mass is 694 g/mol. The molecular weight excluding hydrogens is 665 g/mol. The quantitative estimate of drug-likeness (QED) is 0.173. The molecule has 0 amide bonds. The van der Waals surface area contributed by atoms with Gasteiger partial charge in [0.25, 0.3) is 0 Å². The number of hydrogen-bond donors (Lipinski definition) is 0. The van der Waals surface area contributed by atoms with Gasteiger partial charge in [0.2, 0.25) is 5.89 Å². The molecule has 0 aliphatic rings. The van der Waals surface area contributed by atoms with Crippen LogP contribution in [0.5, 0.6) is 0 Å². The van der Waals surface area contributed by atoms with E-state index in [1.807, 2.05) is 48.5 Å². The first-order valence-electron chi connectivity index (χ1n) is 18.0. The van der Waals surface area contributed by atoms with Crippen LogP contribution in [0.4, 0.5) is 17.1 Å². The zero-order chi connectivity index (χ0) is 35.6. The van der Waals surface area contributed by atoms with Gasteiger partial charge in [-0.2, -0.15) is 0 Å². The smallest absolute Gasteiger partial charge is 0.227 e. The molecule has 0 unspecified atom stereocenters. The number of anilines is 3. The Morgan fingerprint density at radius 2 is 0.889 bits per heavy atom. The molecule has 0 N–H and O–H groups in total. The van der Waals surface area contributed by atoms with Gasteiger partial charge in [0.15, 0.2) is 5.58 Å². The summed E-state index contributed by atoms with van der Waals surface area (Å²) in [4.78, 5) is 7.09. The Balaban J connectivity index is 1.04. The van der Waals surface area contributed by atoms with Crippen molar-refractivity contribution in [3.63, 3.8) is 0 Å². The van der Waals surface area contributed by atoms with Crippen molar-refractivity contribution >= 4 is 72.0 Å². The van der Waals surface area contributed by atoms with E-state index in [0.717, 1.165) is 77.6 Å². The number of aromatic nitrogens is 1. The molecule has 5 nitrogen and oxygen atoms in total. The maximum Gasteiger partial charge on any atom is 0.227 e. The standard InChI is InChI=1S/C49H30N2O3/c1-3-11-31(12-4-1)37-15-7-8-16-38(37)32-19-21-34(22-20-32)51(35-24-26-45-41(27-35)39-17-9-10-18-44(39)52-45)36-23-25-40-42-29-43-48(30-47(42)53-46(40)28-36)54-49(50-43)33-13-5-2-6-14-33/h1-30H. The van der Waals surface area contributed by atoms with Gasteiger partial charge in [-0.3, -0.25) is 0 Å². The van der Waals surface area contributed by atoms with Crippen molar-refractivity contribution in [3.8, 4) is 33.7 Å². The van der Waals surface area contributed by atoms with E-state index in [2.05, 4.69) is 138 Å². The summed E-state index contributed by atoms with van der Waals surface area (Å²) in [6, 6.07) is 62.9. The summed E-state index contributed by atoms with van der Waals surface area (Å²) in [5.74, 6) is 0.595. The third-order valence-corrected chi connectivity index (χ3v) is 10.3. The molecule has 0 aliphatic heterocycles. The second-order valence-electron chi connectivity index (χ2n) is 13.6. The molecule has 0 saturated heterocycles. The molecule has 254 valence electrons. The van der Waals surface area contributed by atoms with E-state index in [4.69, 9.17) is 18.2 Å². The van der Waals surface area contributed by atoms with Crippen LogP contribution >= 0.6 is 0 Å². The minimum atomic E-state index is 0.595. The Morgan fingerprint density at radius 3 is 1.69 bits per heavy atom. The summed E-state index contributed by atoms with van der Waals surface area (Å²) >= 11 is 0. The van der Waals surface area contributed by atoms with Gasteiger partial charge in [0, 0.05) is 56.3 Å². The average Bonchev–Trinajstić information content (AvgIpc) is 3.93. The zero-order valence-electron chi connectivity index (χ0n) is 28.9. The second kappa shape index (κ2) is 12.1. The predicted molar refractivity (Wildman–Crippen MR) is 220 cm³/mol. The van der Waals surface area contributed by atoms with Gasteiger partial charge in [-0.1, -0.05) is 103 Å². The normalized spacial score (nSPS) is 11.7. The number of rotatable bonds is 6. The number of hydrogen-bond acceptors (Lipinski definition) is 5. The molecule has 0 aliphatic carbocycles. The molecule has 0 fully saturated rings. The SMILES string of the molecule is c1ccc(-c2nc3cc4c(cc3o2)oc2cc(N(c3ccc(-c5ccccc5-c5ccccc5)cc3)c3ccc5oc6ccccc6c5c3)ccc24)cc1. The highest BCUT2D eigenvalue weighted by Crippen LogP contribution is 2.42. The summed E-state index contributed by atoms with van der Waals surface area (Å²) in [6.07, 6.45) is 0. The molecule has 0 saturated carbocycles. The van der Waals surface area contributed by atoms with Gasteiger partial charge in [-0.15, -0.1) is 0 Å². The van der Waals surface area contributed by atoms with E-state index < -0.39 is 0 Å². The van der Waals surface area contributed by atoms with E-state index in [-0.39, 0.29) is 0 Å². The Labute approximate surface area is 309 Å². The largest absolute Gasteiger partial charge is 0.456 e. The lowest BCUT2D eigenvalue weighted by molar-refractivity contribution is 0.617. The Hall–Kier alpha value is -7.37. The fourth-order valence-corrected chi connectivity index (χ4v) is 7.72. The van der Waals surface area contributed by atoms with Crippen molar-refractivity contribution < 1.29 is 13.3 Å². The molecule has 0 atom stereocenters. The van der Waals surface area contributed by atoms with Gasteiger partial charge in [-0.25, -0.2) is 4.98 Å². The van der Waals surface area contributed by atoms with Crippen molar-refractivity contribution in [2.45, 2.75) is 0 Å². The molecule has 54 heavy (non-hydrogen) atoms. The molecule has 8 aromatic carbocycles. The third-order valence-electron chi connectivity index (χ3n) is 10.3. The Kier molecular flexibility index (Phi) is 6.79. The van der Waals surface area contributed by atoms with E-state index in [1.54, 1.807) is 0 Å². The first-order chi connectivity index (χ1) is 26.7. The minimum Gasteiger partial charge on any atom is -0.456 e. The van der Waals surface area contributed by atoms with Crippen LogP contribution in [-0.2, 0) is 0 Å². The lowest BCUT2D eigenvalue weighted by atomic mass is 9.94. The number of benzene rings is 8. The number of furan rings is 2. The van der Waals surface area contributed by atoms with Gasteiger partial charge in [0.05, 0.1) is 0 Å². The predicted octanol–water partition coefficient (Wildman–Crippen LogP) is 14.1. The van der Waals surface area contributed by atoms with Crippen molar-refractivity contribution in [3.05, 3.63) is 182 Å². The highest BCUT2D eigenvalue weighted by Gasteiger charge is 2.19. The van der Waals surface area contributed by atoms with Crippen molar-refractivity contribution in [1.82, 2.24) is 4.98 Å². The summed E-state index contributed by atoms with van der Waals surface area (Å²) in [5, 5.41) is 4.17. The third kappa shape index (κ3) is 4.98. The van der Waals surface area contributed by atoms with E-state index in [9.17, 15) is 0 Å². The summed E-state index contributed by atoms with van der Waals surface area (Å²) in [6.45, 7) is 0. The second-order valence-corrected chi connectivity index (χ2v) is 13.6. The van der Waals surface area contributed by atoms with Crippen LogP contribution in [0.15, 0.2) is 195 Å². The number of oxazole rings is 1. The van der Waals surface area contributed by atoms with Crippen LogP contribution in [-0.4, -0.2) is 4.98 Å². The zero-order valence-corrected chi connectivity index (χ0v) is 28.9. The van der Waals surface area contributed by atoms with Crippen LogP contribution in [0.25, 0.3) is 88.7 Å². The fraction of sp³-hybridized carbons (Fsp3) is 0. The summed E-state index contributed by atoms with van der Waals surface area (Å²) < 4.78 is 19.0. The molecule has 11 rings (SSSR count). The van der Waals surface area contributed by atoms with Crippen LogP contribution in [0.3, 0.4) is 0 Å². The molecule has 3 heterocycles. The van der Waals surface area contributed by atoms with E-state index in [1.165, 1.54) is 16.7 Å². The Morgan fingerprint density at radius 1 is 0.333 bits per heavy atom. The molecule has 0 bridgehead atoms. The van der Waals surface area contributed by atoms with Crippen LogP contribution in [0.1, 0.15) is 0 Å². The van der Waals surface area contributed by atoms with Gasteiger partial charge in [-0.05, 0) is 89.0 Å². The summed E-state index contributed by atoms with van der Waals surface area (Å²) in [7, 11) is 0. The maximum atomic E-state index is 6.56. The van der Waals surface area contributed by atoms with E-state index >= 15 is 0 Å². The highest BCUT2D eigenvalue weighted by atomic mass is 16.4. The van der Waals surface area contributed by atoms with Gasteiger partial charge >= 0.3 is 0 Å². The fourth-order valence-electron chi connectivity index (χ4n) is 7.72. The van der Waals surface area contributed by atoms with E-state index in [0.29, 0.717) is 11.5 Å². The Bertz CT molecular complexity index is 3160.